The highest BCUT2D eigenvalue weighted by Crippen LogP contribution is 2.43. The van der Waals surface area contributed by atoms with Crippen LogP contribution in [0.15, 0.2) is 36.4 Å². The van der Waals surface area contributed by atoms with E-state index in [4.69, 9.17) is 18.9 Å². The third kappa shape index (κ3) is 3.99. The smallest absolute Gasteiger partial charge is 0.234 e. The minimum absolute atomic E-state index is 0.0913. The quantitative estimate of drug-likeness (QED) is 0.667. The fraction of sp³-hybridized carbons (Fsp3) is 0.381. The van der Waals surface area contributed by atoms with Crippen LogP contribution < -0.4 is 18.9 Å². The summed E-state index contributed by atoms with van der Waals surface area (Å²) in [5.74, 6) is 3.19. The van der Waals surface area contributed by atoms with E-state index in [1.807, 2.05) is 48.2 Å². The van der Waals surface area contributed by atoms with Gasteiger partial charge in [-0.15, -0.1) is 11.8 Å². The largest absolute Gasteiger partial charge is 0.493 e. The summed E-state index contributed by atoms with van der Waals surface area (Å²) >= 11 is 1.60. The van der Waals surface area contributed by atoms with Gasteiger partial charge in [-0.05, 0) is 30.7 Å². The molecule has 6 nitrogen and oxygen atoms in total. The summed E-state index contributed by atoms with van der Waals surface area (Å²) < 4.78 is 22.0. The molecular weight excluding hydrogens is 378 g/mol. The van der Waals surface area contributed by atoms with Gasteiger partial charge in [0.2, 0.25) is 5.91 Å². The number of nitrogens with zero attached hydrogens (tertiary/aromatic N) is 1. The molecule has 1 atom stereocenters. The van der Waals surface area contributed by atoms with Gasteiger partial charge in [0, 0.05) is 5.56 Å². The third-order valence-corrected chi connectivity index (χ3v) is 5.82. The monoisotopic (exact) mass is 403 g/mol. The van der Waals surface area contributed by atoms with E-state index in [2.05, 4.69) is 0 Å². The Morgan fingerprint density at radius 1 is 1.04 bits per heavy atom. The molecule has 0 spiro atoms. The second-order valence-electron chi connectivity index (χ2n) is 6.18. The molecule has 3 rings (SSSR count). The van der Waals surface area contributed by atoms with Crippen molar-refractivity contribution < 1.29 is 23.7 Å². The van der Waals surface area contributed by atoms with Crippen molar-refractivity contribution in [1.82, 2.24) is 4.90 Å². The number of para-hydroxylation sites is 1. The lowest BCUT2D eigenvalue weighted by Gasteiger charge is -2.26. The first-order valence-corrected chi connectivity index (χ1v) is 10.1. The Kier molecular flexibility index (Phi) is 6.57. The number of hydrogen-bond acceptors (Lipinski definition) is 6. The highest BCUT2D eigenvalue weighted by Gasteiger charge is 2.34. The SMILES string of the molecule is CCOc1cc(C2SCC(=O)N2Cc2cccc(OC)c2OC)ccc1OC. The lowest BCUT2D eigenvalue weighted by atomic mass is 10.1. The van der Waals surface area contributed by atoms with E-state index in [1.54, 1.807) is 33.1 Å². The van der Waals surface area contributed by atoms with Gasteiger partial charge < -0.3 is 23.8 Å². The van der Waals surface area contributed by atoms with E-state index >= 15 is 0 Å². The van der Waals surface area contributed by atoms with Gasteiger partial charge in [0.15, 0.2) is 23.0 Å². The molecule has 1 heterocycles. The van der Waals surface area contributed by atoms with Gasteiger partial charge in [0.1, 0.15) is 5.37 Å². The second kappa shape index (κ2) is 9.10. The van der Waals surface area contributed by atoms with Crippen LogP contribution in [0.25, 0.3) is 0 Å². The van der Waals surface area contributed by atoms with Crippen LogP contribution in [-0.2, 0) is 11.3 Å². The highest BCUT2D eigenvalue weighted by atomic mass is 32.2. The van der Waals surface area contributed by atoms with E-state index in [0.29, 0.717) is 41.9 Å². The fourth-order valence-corrected chi connectivity index (χ4v) is 4.46. The molecule has 1 aliphatic rings. The molecule has 0 saturated carbocycles. The average Bonchev–Trinajstić information content (AvgIpc) is 3.08. The van der Waals surface area contributed by atoms with Crippen LogP contribution in [0.1, 0.15) is 23.4 Å². The molecule has 1 amide bonds. The van der Waals surface area contributed by atoms with E-state index in [9.17, 15) is 4.79 Å². The average molecular weight is 404 g/mol. The van der Waals surface area contributed by atoms with Crippen LogP contribution in [0, 0.1) is 0 Å². The lowest BCUT2D eigenvalue weighted by molar-refractivity contribution is -0.128. The number of rotatable bonds is 8. The van der Waals surface area contributed by atoms with Crippen molar-refractivity contribution in [2.45, 2.75) is 18.8 Å². The second-order valence-corrected chi connectivity index (χ2v) is 7.25. The topological polar surface area (TPSA) is 57.2 Å². The molecule has 7 heteroatoms. The predicted molar refractivity (Wildman–Crippen MR) is 109 cm³/mol. The van der Waals surface area contributed by atoms with Crippen LogP contribution in [0.3, 0.4) is 0 Å². The van der Waals surface area contributed by atoms with Gasteiger partial charge in [0.05, 0.1) is 40.2 Å². The van der Waals surface area contributed by atoms with Gasteiger partial charge in [-0.1, -0.05) is 18.2 Å². The van der Waals surface area contributed by atoms with Crippen molar-refractivity contribution in [3.8, 4) is 23.0 Å². The summed E-state index contributed by atoms with van der Waals surface area (Å²) in [5.41, 5.74) is 1.91. The Hall–Kier alpha value is -2.54. The first-order valence-electron chi connectivity index (χ1n) is 9.04. The number of carbonyl (C=O) groups is 1. The summed E-state index contributed by atoms with van der Waals surface area (Å²) in [4.78, 5) is 14.5. The molecule has 1 aliphatic heterocycles. The Labute approximate surface area is 169 Å². The van der Waals surface area contributed by atoms with Crippen LogP contribution in [-0.4, -0.2) is 44.5 Å². The molecule has 0 aliphatic carbocycles. The normalized spacial score (nSPS) is 16.2. The van der Waals surface area contributed by atoms with E-state index < -0.39 is 0 Å². The number of ether oxygens (including phenoxy) is 4. The maximum Gasteiger partial charge on any atom is 0.234 e. The van der Waals surface area contributed by atoms with E-state index in [1.165, 1.54) is 0 Å². The molecule has 0 aromatic heterocycles. The summed E-state index contributed by atoms with van der Waals surface area (Å²) in [5, 5.41) is -0.103. The Balaban J connectivity index is 1.92. The molecule has 1 saturated heterocycles. The van der Waals surface area contributed by atoms with Crippen LogP contribution >= 0.6 is 11.8 Å². The standard InChI is InChI=1S/C21H25NO5S/c1-5-27-18-11-14(9-10-16(18)24-2)21-22(19(23)13-28-21)12-15-7-6-8-17(25-3)20(15)26-4/h6-11,21H,5,12-13H2,1-4H3. The number of thioether (sulfide) groups is 1. The molecule has 150 valence electrons. The third-order valence-electron chi connectivity index (χ3n) is 4.57. The first-order chi connectivity index (χ1) is 13.6. The number of carbonyl (C=O) groups excluding carboxylic acids is 1. The summed E-state index contributed by atoms with van der Waals surface area (Å²) in [6.45, 7) is 2.91. The van der Waals surface area contributed by atoms with Gasteiger partial charge in [-0.25, -0.2) is 0 Å². The molecule has 2 aromatic carbocycles. The molecule has 0 bridgehead atoms. The van der Waals surface area contributed by atoms with Gasteiger partial charge in [-0.3, -0.25) is 4.79 Å². The van der Waals surface area contributed by atoms with Crippen molar-refractivity contribution in [2.24, 2.45) is 0 Å². The minimum Gasteiger partial charge on any atom is -0.493 e. The number of hydrogen-bond donors (Lipinski definition) is 0. The van der Waals surface area contributed by atoms with Crippen molar-refractivity contribution in [2.75, 3.05) is 33.7 Å². The van der Waals surface area contributed by atoms with Crippen LogP contribution in [0.4, 0.5) is 0 Å². The zero-order valence-electron chi connectivity index (χ0n) is 16.6. The van der Waals surface area contributed by atoms with Crippen molar-refractivity contribution in [1.29, 1.82) is 0 Å². The fourth-order valence-electron chi connectivity index (χ4n) is 3.28. The van der Waals surface area contributed by atoms with Crippen LogP contribution in [0.5, 0.6) is 23.0 Å². The Morgan fingerprint density at radius 3 is 2.50 bits per heavy atom. The predicted octanol–water partition coefficient (Wildman–Crippen LogP) is 3.89. The highest BCUT2D eigenvalue weighted by molar-refractivity contribution is 8.00. The summed E-state index contributed by atoms with van der Waals surface area (Å²) in [6.07, 6.45) is 0. The molecule has 0 radical (unpaired) electrons. The first kappa shape index (κ1) is 20.2. The molecule has 28 heavy (non-hydrogen) atoms. The van der Waals surface area contributed by atoms with Gasteiger partial charge in [-0.2, -0.15) is 0 Å². The van der Waals surface area contributed by atoms with E-state index in [-0.39, 0.29) is 11.3 Å². The van der Waals surface area contributed by atoms with Crippen molar-refractivity contribution >= 4 is 17.7 Å². The maximum atomic E-state index is 12.6. The summed E-state index contributed by atoms with van der Waals surface area (Å²) in [7, 11) is 4.83. The molecule has 1 unspecified atom stereocenters. The Bertz CT molecular complexity index is 842. The van der Waals surface area contributed by atoms with Gasteiger partial charge in [0.25, 0.3) is 0 Å². The number of methoxy groups -OCH3 is 3. The van der Waals surface area contributed by atoms with Gasteiger partial charge >= 0.3 is 0 Å². The zero-order chi connectivity index (χ0) is 20.1. The van der Waals surface area contributed by atoms with Crippen molar-refractivity contribution in [3.63, 3.8) is 0 Å². The number of benzene rings is 2. The molecule has 2 aromatic rings. The van der Waals surface area contributed by atoms with Crippen molar-refractivity contribution in [3.05, 3.63) is 47.5 Å². The van der Waals surface area contributed by atoms with Crippen LogP contribution in [0.2, 0.25) is 0 Å². The summed E-state index contributed by atoms with van der Waals surface area (Å²) in [6, 6.07) is 11.5. The minimum atomic E-state index is -0.103. The lowest BCUT2D eigenvalue weighted by Crippen LogP contribution is -2.28. The Morgan fingerprint density at radius 2 is 1.82 bits per heavy atom. The number of amides is 1. The zero-order valence-corrected chi connectivity index (χ0v) is 17.4. The maximum absolute atomic E-state index is 12.6. The molecular formula is C21H25NO5S. The molecule has 1 fully saturated rings. The molecule has 0 N–H and O–H groups in total. The van der Waals surface area contributed by atoms with E-state index in [0.717, 1.165) is 11.1 Å².